The van der Waals surface area contributed by atoms with Gasteiger partial charge in [-0.2, -0.15) is 0 Å². The Balaban J connectivity index is 1.18. The molecule has 2 heterocycles. The largest absolute Gasteiger partial charge is 0.390 e. The van der Waals surface area contributed by atoms with Gasteiger partial charge in [0.1, 0.15) is 0 Å². The molecule has 1 saturated heterocycles. The molecule has 2 amide bonds. The number of fused-ring (bicyclic) bond motifs is 1. The zero-order chi connectivity index (χ0) is 20.1. The number of urea groups is 1. The van der Waals surface area contributed by atoms with Gasteiger partial charge in [-0.25, -0.2) is 4.79 Å². The lowest BCUT2D eigenvalue weighted by atomic mass is 10.00. The highest BCUT2D eigenvalue weighted by atomic mass is 16.3. The summed E-state index contributed by atoms with van der Waals surface area (Å²) in [5.74, 6) is 0. The summed E-state index contributed by atoms with van der Waals surface area (Å²) in [5, 5.41) is 13.3. The monoisotopic (exact) mass is 394 g/mol. The number of benzene rings is 2. The number of nitrogens with one attached hydrogen (secondary N) is 1. The van der Waals surface area contributed by atoms with Gasteiger partial charge in [-0.05, 0) is 29.7 Å². The van der Waals surface area contributed by atoms with Crippen molar-refractivity contribution < 1.29 is 9.90 Å². The molecule has 29 heavy (non-hydrogen) atoms. The van der Waals surface area contributed by atoms with E-state index in [1.165, 1.54) is 16.8 Å². The predicted molar refractivity (Wildman–Crippen MR) is 115 cm³/mol. The molecule has 1 fully saturated rings. The molecular weight excluding hydrogens is 364 g/mol. The molecule has 0 spiro atoms. The topological polar surface area (TPSA) is 59.1 Å². The minimum Gasteiger partial charge on any atom is -0.390 e. The second kappa shape index (κ2) is 9.29. The molecular formula is C23H30N4O2. The van der Waals surface area contributed by atoms with Crippen LogP contribution in [0, 0.1) is 0 Å². The summed E-state index contributed by atoms with van der Waals surface area (Å²) in [5.41, 5.74) is 3.94. The van der Waals surface area contributed by atoms with Crippen LogP contribution in [0.1, 0.15) is 11.1 Å². The van der Waals surface area contributed by atoms with Crippen LogP contribution in [0.3, 0.4) is 0 Å². The standard InChI is InChI=1S/C23H30N4O2/c28-22(18-25-11-10-19-6-4-5-7-20(19)17-25)16-24-23(29)27-14-12-26(13-15-27)21-8-2-1-3-9-21/h1-9,22,28H,10-18H2,(H,24,29). The van der Waals surface area contributed by atoms with E-state index in [1.807, 2.05) is 23.1 Å². The van der Waals surface area contributed by atoms with Gasteiger partial charge in [-0.15, -0.1) is 0 Å². The molecule has 0 aliphatic carbocycles. The fourth-order valence-corrected chi connectivity index (χ4v) is 4.20. The Labute approximate surface area is 172 Å². The van der Waals surface area contributed by atoms with Crippen molar-refractivity contribution in [2.24, 2.45) is 0 Å². The van der Waals surface area contributed by atoms with E-state index in [-0.39, 0.29) is 12.6 Å². The fourth-order valence-electron chi connectivity index (χ4n) is 4.20. The van der Waals surface area contributed by atoms with Crippen molar-refractivity contribution in [1.82, 2.24) is 15.1 Å². The van der Waals surface area contributed by atoms with Crippen molar-refractivity contribution in [3.63, 3.8) is 0 Å². The predicted octanol–water partition coefficient (Wildman–Crippen LogP) is 1.94. The number of rotatable bonds is 5. The summed E-state index contributed by atoms with van der Waals surface area (Å²) in [6.07, 6.45) is 0.454. The van der Waals surface area contributed by atoms with E-state index in [1.54, 1.807) is 0 Å². The molecule has 0 aromatic heterocycles. The summed E-state index contributed by atoms with van der Waals surface area (Å²) in [7, 11) is 0. The number of piperazine rings is 1. The van der Waals surface area contributed by atoms with Gasteiger partial charge in [0.05, 0.1) is 6.10 Å². The fraction of sp³-hybridized carbons (Fsp3) is 0.435. The minimum atomic E-state index is -0.560. The lowest BCUT2D eigenvalue weighted by molar-refractivity contribution is 0.103. The van der Waals surface area contributed by atoms with Crippen molar-refractivity contribution in [2.75, 3.05) is 50.7 Å². The van der Waals surface area contributed by atoms with Gasteiger partial charge >= 0.3 is 6.03 Å². The van der Waals surface area contributed by atoms with E-state index in [2.05, 4.69) is 51.5 Å². The molecule has 2 aliphatic heterocycles. The van der Waals surface area contributed by atoms with Gasteiger partial charge in [0.25, 0.3) is 0 Å². The Hall–Kier alpha value is -2.57. The Morgan fingerprint density at radius 3 is 2.38 bits per heavy atom. The van der Waals surface area contributed by atoms with E-state index in [0.717, 1.165) is 32.6 Å². The highest BCUT2D eigenvalue weighted by Gasteiger charge is 2.23. The van der Waals surface area contributed by atoms with Gasteiger partial charge in [0.2, 0.25) is 0 Å². The van der Waals surface area contributed by atoms with Crippen molar-refractivity contribution in [3.8, 4) is 0 Å². The van der Waals surface area contributed by atoms with Crippen molar-refractivity contribution in [1.29, 1.82) is 0 Å². The average Bonchev–Trinajstić information content (AvgIpc) is 2.78. The van der Waals surface area contributed by atoms with Gasteiger partial charge in [0, 0.05) is 58.0 Å². The van der Waals surface area contributed by atoms with Crippen LogP contribution in [-0.2, 0) is 13.0 Å². The minimum absolute atomic E-state index is 0.0826. The summed E-state index contributed by atoms with van der Waals surface area (Å²) in [6.45, 7) is 5.72. The first-order valence-corrected chi connectivity index (χ1v) is 10.5. The zero-order valence-electron chi connectivity index (χ0n) is 16.8. The van der Waals surface area contributed by atoms with Crippen LogP contribution in [0.15, 0.2) is 54.6 Å². The first-order valence-electron chi connectivity index (χ1n) is 10.5. The number of anilines is 1. The lowest BCUT2D eigenvalue weighted by Crippen LogP contribution is -2.53. The SMILES string of the molecule is O=C(NCC(O)CN1CCc2ccccc2C1)N1CCN(c2ccccc2)CC1. The summed E-state index contributed by atoms with van der Waals surface area (Å²) >= 11 is 0. The molecule has 1 unspecified atom stereocenters. The van der Waals surface area contributed by atoms with E-state index < -0.39 is 6.10 Å². The Morgan fingerprint density at radius 1 is 0.931 bits per heavy atom. The maximum Gasteiger partial charge on any atom is 0.317 e. The highest BCUT2D eigenvalue weighted by Crippen LogP contribution is 2.18. The van der Waals surface area contributed by atoms with E-state index in [0.29, 0.717) is 19.6 Å². The molecule has 2 N–H and O–H groups in total. The van der Waals surface area contributed by atoms with Gasteiger partial charge in [-0.1, -0.05) is 42.5 Å². The number of amides is 2. The van der Waals surface area contributed by atoms with Crippen LogP contribution in [0.2, 0.25) is 0 Å². The maximum absolute atomic E-state index is 12.5. The van der Waals surface area contributed by atoms with Gasteiger partial charge in [-0.3, -0.25) is 4.90 Å². The number of nitrogens with zero attached hydrogens (tertiary/aromatic N) is 3. The van der Waals surface area contributed by atoms with Crippen LogP contribution in [0.4, 0.5) is 10.5 Å². The Bertz CT molecular complexity index is 806. The lowest BCUT2D eigenvalue weighted by Gasteiger charge is -2.36. The molecule has 2 aliphatic rings. The number of aliphatic hydroxyl groups is 1. The number of β-amino-alcohol motifs (C(OH)–C–C–N with tert-alkyl or cyclic N) is 1. The number of hydrogen-bond acceptors (Lipinski definition) is 4. The third-order valence-electron chi connectivity index (χ3n) is 5.86. The number of carbonyl (C=O) groups is 1. The number of aliphatic hydroxyl groups excluding tert-OH is 1. The van der Waals surface area contributed by atoms with Crippen molar-refractivity contribution >= 4 is 11.7 Å². The molecule has 0 bridgehead atoms. The van der Waals surface area contributed by atoms with Crippen molar-refractivity contribution in [2.45, 2.75) is 19.1 Å². The van der Waals surface area contributed by atoms with Gasteiger partial charge < -0.3 is 20.2 Å². The Morgan fingerprint density at radius 2 is 1.62 bits per heavy atom. The van der Waals surface area contributed by atoms with E-state index in [4.69, 9.17) is 0 Å². The van der Waals surface area contributed by atoms with Gasteiger partial charge in [0.15, 0.2) is 0 Å². The third-order valence-corrected chi connectivity index (χ3v) is 5.86. The molecule has 154 valence electrons. The smallest absolute Gasteiger partial charge is 0.317 e. The second-order valence-corrected chi connectivity index (χ2v) is 7.90. The molecule has 4 rings (SSSR count). The summed E-state index contributed by atoms with van der Waals surface area (Å²) < 4.78 is 0. The number of hydrogen-bond donors (Lipinski definition) is 2. The van der Waals surface area contributed by atoms with Crippen LogP contribution in [-0.4, -0.2) is 72.9 Å². The molecule has 2 aromatic carbocycles. The second-order valence-electron chi connectivity index (χ2n) is 7.90. The van der Waals surface area contributed by atoms with E-state index in [9.17, 15) is 9.90 Å². The summed E-state index contributed by atoms with van der Waals surface area (Å²) in [6, 6.07) is 18.7. The molecule has 0 saturated carbocycles. The molecule has 6 heteroatoms. The highest BCUT2D eigenvalue weighted by molar-refractivity contribution is 5.74. The number of para-hydroxylation sites is 1. The van der Waals surface area contributed by atoms with Crippen LogP contribution >= 0.6 is 0 Å². The zero-order valence-corrected chi connectivity index (χ0v) is 16.8. The molecule has 2 aromatic rings. The quantitative estimate of drug-likeness (QED) is 0.814. The van der Waals surface area contributed by atoms with E-state index >= 15 is 0 Å². The van der Waals surface area contributed by atoms with Crippen LogP contribution in [0.5, 0.6) is 0 Å². The first kappa shape index (κ1) is 19.7. The van der Waals surface area contributed by atoms with Crippen molar-refractivity contribution in [3.05, 3.63) is 65.7 Å². The maximum atomic E-state index is 12.5. The van der Waals surface area contributed by atoms with Crippen LogP contribution in [0.25, 0.3) is 0 Å². The Kier molecular flexibility index (Phi) is 6.32. The number of carbonyl (C=O) groups excluding carboxylic acids is 1. The normalized spacial score (nSPS) is 18.2. The average molecular weight is 395 g/mol. The molecule has 1 atom stereocenters. The summed E-state index contributed by atoms with van der Waals surface area (Å²) in [4.78, 5) is 18.9. The third kappa shape index (κ3) is 5.08. The molecule has 6 nitrogen and oxygen atoms in total. The van der Waals surface area contributed by atoms with Crippen LogP contribution < -0.4 is 10.2 Å². The molecule has 0 radical (unpaired) electrons. The first-order chi connectivity index (χ1) is 14.2.